The Morgan fingerprint density at radius 1 is 1.56 bits per heavy atom. The number of halogens is 1. The van der Waals surface area contributed by atoms with E-state index in [1.54, 1.807) is 11.3 Å². The van der Waals surface area contributed by atoms with Crippen molar-refractivity contribution >= 4 is 44.7 Å². The van der Waals surface area contributed by atoms with Gasteiger partial charge in [0.05, 0.1) is 12.2 Å². The molecule has 2 rings (SSSR count). The number of nitrogens with zero attached hydrogens (tertiary/aromatic N) is 2. The third kappa shape index (κ3) is 2.96. The third-order valence-electron chi connectivity index (χ3n) is 2.37. The molecule has 1 amide bonds. The van der Waals surface area contributed by atoms with Gasteiger partial charge in [0.2, 0.25) is 0 Å². The van der Waals surface area contributed by atoms with E-state index in [-0.39, 0.29) is 11.8 Å². The Kier molecular flexibility index (Phi) is 4.47. The van der Waals surface area contributed by atoms with Crippen LogP contribution in [0.3, 0.4) is 0 Å². The second-order valence-electron chi connectivity index (χ2n) is 4.02. The zero-order valence-corrected chi connectivity index (χ0v) is 13.2. The van der Waals surface area contributed by atoms with Crippen LogP contribution in [-0.2, 0) is 6.54 Å². The number of aromatic nitrogens is 2. The SMILES string of the molecule is CC(C)c1nnsc1C(=O)NCc1sccc1Br. The van der Waals surface area contributed by atoms with Gasteiger partial charge in [-0.1, -0.05) is 18.3 Å². The van der Waals surface area contributed by atoms with Gasteiger partial charge in [0.25, 0.3) is 5.91 Å². The van der Waals surface area contributed by atoms with Crippen LogP contribution >= 0.6 is 38.8 Å². The molecule has 0 bridgehead atoms. The maximum atomic E-state index is 12.0. The smallest absolute Gasteiger partial charge is 0.265 e. The molecule has 96 valence electrons. The Labute approximate surface area is 122 Å². The molecule has 4 nitrogen and oxygen atoms in total. The Morgan fingerprint density at radius 3 is 2.94 bits per heavy atom. The first-order valence-corrected chi connectivity index (χ1v) is 7.86. The van der Waals surface area contributed by atoms with E-state index in [4.69, 9.17) is 0 Å². The average molecular weight is 346 g/mol. The van der Waals surface area contributed by atoms with Crippen LogP contribution in [0.1, 0.15) is 40.0 Å². The van der Waals surface area contributed by atoms with Crippen molar-refractivity contribution in [1.82, 2.24) is 14.9 Å². The molecular formula is C11H12BrN3OS2. The van der Waals surface area contributed by atoms with Gasteiger partial charge in [0, 0.05) is 9.35 Å². The molecule has 1 N–H and O–H groups in total. The number of hydrogen-bond donors (Lipinski definition) is 1. The van der Waals surface area contributed by atoms with Crippen LogP contribution in [0.2, 0.25) is 0 Å². The molecule has 2 aromatic rings. The standard InChI is InChI=1S/C11H12BrN3OS2/c1-6(2)9-10(18-15-14-9)11(16)13-5-8-7(12)3-4-17-8/h3-4,6H,5H2,1-2H3,(H,13,16). The summed E-state index contributed by atoms with van der Waals surface area (Å²) in [6.45, 7) is 4.53. The summed E-state index contributed by atoms with van der Waals surface area (Å²) < 4.78 is 4.88. The molecular weight excluding hydrogens is 334 g/mol. The summed E-state index contributed by atoms with van der Waals surface area (Å²) in [6, 6.07) is 1.97. The first kappa shape index (κ1) is 13.6. The maximum Gasteiger partial charge on any atom is 0.265 e. The van der Waals surface area contributed by atoms with Gasteiger partial charge in [-0.3, -0.25) is 4.79 Å². The summed E-state index contributed by atoms with van der Waals surface area (Å²) in [4.78, 5) is 13.8. The lowest BCUT2D eigenvalue weighted by molar-refractivity contribution is 0.0954. The van der Waals surface area contributed by atoms with E-state index in [1.165, 1.54) is 0 Å². The van der Waals surface area contributed by atoms with Crippen LogP contribution in [0.4, 0.5) is 0 Å². The van der Waals surface area contributed by atoms with Gasteiger partial charge >= 0.3 is 0 Å². The van der Waals surface area contributed by atoms with Crippen molar-refractivity contribution in [2.75, 3.05) is 0 Å². The van der Waals surface area contributed by atoms with E-state index >= 15 is 0 Å². The fourth-order valence-corrected chi connectivity index (χ4v) is 3.59. The highest BCUT2D eigenvalue weighted by molar-refractivity contribution is 9.10. The molecule has 0 spiro atoms. The summed E-state index contributed by atoms with van der Waals surface area (Å²) in [7, 11) is 0. The van der Waals surface area contributed by atoms with Gasteiger partial charge in [0.1, 0.15) is 4.88 Å². The van der Waals surface area contributed by atoms with Gasteiger partial charge < -0.3 is 5.32 Å². The van der Waals surface area contributed by atoms with Crippen LogP contribution in [0.25, 0.3) is 0 Å². The van der Waals surface area contributed by atoms with E-state index in [0.717, 1.165) is 26.6 Å². The van der Waals surface area contributed by atoms with Crippen molar-refractivity contribution < 1.29 is 4.79 Å². The van der Waals surface area contributed by atoms with Crippen LogP contribution < -0.4 is 5.32 Å². The van der Waals surface area contributed by atoms with E-state index in [2.05, 4.69) is 30.8 Å². The Balaban J connectivity index is 2.04. The average Bonchev–Trinajstić information content (AvgIpc) is 2.94. The molecule has 0 saturated carbocycles. The predicted octanol–water partition coefficient (Wildman–Crippen LogP) is 3.42. The highest BCUT2D eigenvalue weighted by Gasteiger charge is 2.18. The Morgan fingerprint density at radius 2 is 2.33 bits per heavy atom. The minimum atomic E-state index is -0.103. The van der Waals surface area contributed by atoms with E-state index in [1.807, 2.05) is 25.3 Å². The number of nitrogens with one attached hydrogen (secondary N) is 1. The van der Waals surface area contributed by atoms with Crippen LogP contribution in [0, 0.1) is 0 Å². The number of carbonyl (C=O) groups is 1. The second kappa shape index (κ2) is 5.90. The van der Waals surface area contributed by atoms with Crippen molar-refractivity contribution in [2.45, 2.75) is 26.3 Å². The van der Waals surface area contributed by atoms with Gasteiger partial charge in [-0.25, -0.2) is 0 Å². The minimum absolute atomic E-state index is 0.103. The highest BCUT2D eigenvalue weighted by Crippen LogP contribution is 2.23. The molecule has 2 aromatic heterocycles. The first-order chi connectivity index (χ1) is 8.59. The molecule has 0 aliphatic carbocycles. The summed E-state index contributed by atoms with van der Waals surface area (Å²) in [6.07, 6.45) is 0. The highest BCUT2D eigenvalue weighted by atomic mass is 79.9. The number of hydrogen-bond acceptors (Lipinski definition) is 5. The first-order valence-electron chi connectivity index (χ1n) is 5.42. The summed E-state index contributed by atoms with van der Waals surface area (Å²) in [5.74, 6) is 0.104. The molecule has 0 atom stereocenters. The minimum Gasteiger partial charge on any atom is -0.346 e. The number of carbonyl (C=O) groups excluding carboxylic acids is 1. The number of amides is 1. The molecule has 0 aliphatic heterocycles. The summed E-state index contributed by atoms with van der Waals surface area (Å²) >= 11 is 6.20. The zero-order chi connectivity index (χ0) is 13.1. The molecule has 0 fully saturated rings. The third-order valence-corrected chi connectivity index (χ3v) is 5.03. The van der Waals surface area contributed by atoms with Gasteiger partial charge in [-0.05, 0) is 44.8 Å². The van der Waals surface area contributed by atoms with Crippen LogP contribution in [0.15, 0.2) is 15.9 Å². The zero-order valence-electron chi connectivity index (χ0n) is 9.94. The summed E-state index contributed by atoms with van der Waals surface area (Å²) in [5.41, 5.74) is 0.766. The molecule has 0 unspecified atom stereocenters. The van der Waals surface area contributed by atoms with Crippen molar-refractivity contribution in [3.05, 3.63) is 31.4 Å². The number of rotatable bonds is 4. The fraction of sp³-hybridized carbons (Fsp3) is 0.364. The molecule has 0 saturated heterocycles. The Bertz CT molecular complexity index is 550. The monoisotopic (exact) mass is 345 g/mol. The van der Waals surface area contributed by atoms with E-state index in [0.29, 0.717) is 11.4 Å². The lowest BCUT2D eigenvalue weighted by Crippen LogP contribution is -2.22. The Hall–Kier alpha value is -0.790. The molecule has 0 aliphatic rings. The van der Waals surface area contributed by atoms with E-state index < -0.39 is 0 Å². The van der Waals surface area contributed by atoms with Crippen molar-refractivity contribution in [2.24, 2.45) is 0 Å². The topological polar surface area (TPSA) is 54.9 Å². The predicted molar refractivity (Wildman–Crippen MR) is 77.2 cm³/mol. The van der Waals surface area contributed by atoms with Gasteiger partial charge in [-0.15, -0.1) is 16.4 Å². The largest absolute Gasteiger partial charge is 0.346 e. The van der Waals surface area contributed by atoms with Gasteiger partial charge in [0.15, 0.2) is 0 Å². The van der Waals surface area contributed by atoms with Crippen LogP contribution in [0.5, 0.6) is 0 Å². The maximum absolute atomic E-state index is 12.0. The van der Waals surface area contributed by atoms with Crippen molar-refractivity contribution in [3.8, 4) is 0 Å². The lowest BCUT2D eigenvalue weighted by Gasteiger charge is -2.05. The molecule has 0 aromatic carbocycles. The van der Waals surface area contributed by atoms with Gasteiger partial charge in [-0.2, -0.15) is 0 Å². The molecule has 2 heterocycles. The van der Waals surface area contributed by atoms with Crippen molar-refractivity contribution in [1.29, 1.82) is 0 Å². The molecule has 7 heteroatoms. The number of thiophene rings is 1. The van der Waals surface area contributed by atoms with E-state index in [9.17, 15) is 4.79 Å². The fourth-order valence-electron chi connectivity index (χ4n) is 1.42. The quantitative estimate of drug-likeness (QED) is 0.923. The van der Waals surface area contributed by atoms with Crippen LogP contribution in [-0.4, -0.2) is 15.5 Å². The molecule has 18 heavy (non-hydrogen) atoms. The second-order valence-corrected chi connectivity index (χ2v) is 6.63. The summed E-state index contributed by atoms with van der Waals surface area (Å²) in [5, 5.41) is 8.88. The lowest BCUT2D eigenvalue weighted by atomic mass is 10.1. The van der Waals surface area contributed by atoms with Crippen molar-refractivity contribution in [3.63, 3.8) is 0 Å². The normalized spacial score (nSPS) is 10.9. The molecule has 0 radical (unpaired) electrons.